The summed E-state index contributed by atoms with van der Waals surface area (Å²) in [6.07, 6.45) is 11.0. The molecule has 0 saturated carbocycles. The number of thiophene rings is 1. The number of rotatable bonds is 5. The van der Waals surface area contributed by atoms with Crippen molar-refractivity contribution < 1.29 is 9.32 Å². The molecule has 1 aliphatic rings. The third-order valence-electron chi connectivity index (χ3n) is 4.49. The minimum atomic E-state index is 0.0545. The maximum Gasteiger partial charge on any atom is 0.246 e. The van der Waals surface area contributed by atoms with E-state index in [1.807, 2.05) is 28.5 Å². The van der Waals surface area contributed by atoms with E-state index in [1.54, 1.807) is 36.0 Å². The van der Waals surface area contributed by atoms with Crippen LogP contribution in [0.1, 0.15) is 23.6 Å². The molecule has 3 aromatic rings. The van der Waals surface area contributed by atoms with Gasteiger partial charge in [-0.15, -0.1) is 11.3 Å². The van der Waals surface area contributed by atoms with E-state index in [0.717, 1.165) is 24.3 Å². The fourth-order valence-electron chi connectivity index (χ4n) is 3.18. The lowest BCUT2D eigenvalue weighted by Crippen LogP contribution is -2.39. The number of carbonyl (C=O) groups is 1. The Hall–Kier alpha value is -2.87. The first-order valence-electron chi connectivity index (χ1n) is 8.87. The third-order valence-corrected chi connectivity index (χ3v) is 5.33. The van der Waals surface area contributed by atoms with Crippen LogP contribution in [0.15, 0.2) is 46.7 Å². The Kier molecular flexibility index (Phi) is 5.34. The first-order valence-corrected chi connectivity index (χ1v) is 9.75. The van der Waals surface area contributed by atoms with E-state index in [2.05, 4.69) is 20.1 Å². The van der Waals surface area contributed by atoms with Gasteiger partial charge < -0.3 is 9.42 Å². The second kappa shape index (κ2) is 8.22. The molecule has 1 fully saturated rings. The monoisotopic (exact) mass is 381 g/mol. The van der Waals surface area contributed by atoms with Gasteiger partial charge in [0.05, 0.1) is 6.20 Å². The van der Waals surface area contributed by atoms with Gasteiger partial charge in [-0.25, -0.2) is 4.98 Å². The van der Waals surface area contributed by atoms with Gasteiger partial charge in [0, 0.05) is 42.9 Å². The van der Waals surface area contributed by atoms with Gasteiger partial charge in [-0.1, -0.05) is 11.2 Å². The smallest absolute Gasteiger partial charge is 0.246 e. The first kappa shape index (κ1) is 17.5. The van der Waals surface area contributed by atoms with Crippen LogP contribution in [0.5, 0.6) is 0 Å². The van der Waals surface area contributed by atoms with Crippen LogP contribution in [0.2, 0.25) is 0 Å². The lowest BCUT2D eigenvalue weighted by atomic mass is 9.94. The van der Waals surface area contributed by atoms with Crippen LogP contribution in [-0.4, -0.2) is 44.0 Å². The van der Waals surface area contributed by atoms with Crippen LogP contribution in [0.25, 0.3) is 17.6 Å². The van der Waals surface area contributed by atoms with E-state index in [9.17, 15) is 4.79 Å². The standard InChI is InChI=1S/C19H19N5O2S/c25-18(6-5-15-4-2-10-27-15)24-9-1-3-14(13-24)11-17-22-19(23-26-17)16-12-20-7-8-21-16/h2,4-8,10,12,14H,1,3,9,11,13H2/b6-5+. The number of aromatic nitrogens is 4. The summed E-state index contributed by atoms with van der Waals surface area (Å²) >= 11 is 1.62. The Bertz CT molecular complexity index is 907. The minimum Gasteiger partial charge on any atom is -0.339 e. The molecule has 0 bridgehead atoms. The molecule has 138 valence electrons. The molecule has 0 aliphatic carbocycles. The maximum atomic E-state index is 12.5. The topological polar surface area (TPSA) is 85.0 Å². The fraction of sp³-hybridized carbons (Fsp3) is 0.316. The van der Waals surface area contributed by atoms with Gasteiger partial charge in [0.1, 0.15) is 5.69 Å². The number of nitrogens with zero attached hydrogens (tertiary/aromatic N) is 5. The van der Waals surface area contributed by atoms with Crippen LogP contribution in [-0.2, 0) is 11.2 Å². The van der Waals surface area contributed by atoms with Gasteiger partial charge in [-0.05, 0) is 36.3 Å². The van der Waals surface area contributed by atoms with Crippen LogP contribution in [0, 0.1) is 5.92 Å². The highest BCUT2D eigenvalue weighted by Gasteiger charge is 2.24. The lowest BCUT2D eigenvalue weighted by Gasteiger charge is -2.31. The van der Waals surface area contributed by atoms with Crippen molar-refractivity contribution in [1.82, 2.24) is 25.0 Å². The molecule has 4 heterocycles. The highest BCUT2D eigenvalue weighted by molar-refractivity contribution is 7.10. The van der Waals surface area contributed by atoms with Crippen LogP contribution in [0.3, 0.4) is 0 Å². The maximum absolute atomic E-state index is 12.5. The van der Waals surface area contributed by atoms with E-state index < -0.39 is 0 Å². The number of piperidine rings is 1. The average Bonchev–Trinajstić information content (AvgIpc) is 3.39. The summed E-state index contributed by atoms with van der Waals surface area (Å²) in [7, 11) is 0. The molecular formula is C19H19N5O2S. The Morgan fingerprint density at radius 2 is 2.37 bits per heavy atom. The van der Waals surface area contributed by atoms with Crippen molar-refractivity contribution >= 4 is 23.3 Å². The number of hydrogen-bond donors (Lipinski definition) is 0. The first-order chi connectivity index (χ1) is 13.3. The quantitative estimate of drug-likeness (QED) is 0.632. The molecule has 1 atom stereocenters. The van der Waals surface area contributed by atoms with Crippen molar-refractivity contribution in [1.29, 1.82) is 0 Å². The Labute approximate surface area is 160 Å². The number of carbonyl (C=O) groups excluding carboxylic acids is 1. The number of likely N-dealkylation sites (tertiary alicyclic amines) is 1. The zero-order valence-corrected chi connectivity index (χ0v) is 15.5. The van der Waals surface area contributed by atoms with Gasteiger partial charge in [-0.2, -0.15) is 4.98 Å². The normalized spacial score (nSPS) is 17.5. The molecule has 8 heteroatoms. The second-order valence-electron chi connectivity index (χ2n) is 6.45. The summed E-state index contributed by atoms with van der Waals surface area (Å²) in [4.78, 5) is 28.1. The lowest BCUT2D eigenvalue weighted by molar-refractivity contribution is -0.127. The SMILES string of the molecule is O=C(/C=C/c1cccs1)N1CCCC(Cc2nc(-c3cnccn3)no2)C1. The zero-order chi connectivity index (χ0) is 18.5. The van der Waals surface area contributed by atoms with Gasteiger partial charge in [0.25, 0.3) is 0 Å². The van der Waals surface area contributed by atoms with Crippen molar-refractivity contribution in [2.75, 3.05) is 13.1 Å². The van der Waals surface area contributed by atoms with Crippen molar-refractivity contribution in [3.05, 3.63) is 52.9 Å². The van der Waals surface area contributed by atoms with E-state index in [4.69, 9.17) is 4.52 Å². The molecule has 0 radical (unpaired) electrons. The molecule has 27 heavy (non-hydrogen) atoms. The van der Waals surface area contributed by atoms with E-state index in [1.165, 1.54) is 0 Å². The van der Waals surface area contributed by atoms with Crippen molar-refractivity contribution in [2.24, 2.45) is 5.92 Å². The Morgan fingerprint density at radius 3 is 3.19 bits per heavy atom. The molecule has 0 aromatic carbocycles. The van der Waals surface area contributed by atoms with Gasteiger partial charge in [-0.3, -0.25) is 9.78 Å². The van der Waals surface area contributed by atoms with Crippen LogP contribution >= 0.6 is 11.3 Å². The molecule has 4 rings (SSSR count). The van der Waals surface area contributed by atoms with Crippen molar-refractivity contribution in [3.63, 3.8) is 0 Å². The molecule has 1 unspecified atom stereocenters. The van der Waals surface area contributed by atoms with Crippen LogP contribution in [0.4, 0.5) is 0 Å². The molecule has 0 N–H and O–H groups in total. The minimum absolute atomic E-state index is 0.0545. The summed E-state index contributed by atoms with van der Waals surface area (Å²) in [6.45, 7) is 1.50. The Morgan fingerprint density at radius 1 is 1.41 bits per heavy atom. The zero-order valence-electron chi connectivity index (χ0n) is 14.7. The molecule has 1 aliphatic heterocycles. The molecular weight excluding hydrogens is 362 g/mol. The summed E-state index contributed by atoms with van der Waals surface area (Å²) < 4.78 is 5.37. The van der Waals surface area contributed by atoms with Gasteiger partial charge >= 0.3 is 0 Å². The summed E-state index contributed by atoms with van der Waals surface area (Å²) in [5, 5.41) is 5.99. The molecule has 0 spiro atoms. The number of hydrogen-bond acceptors (Lipinski definition) is 7. The molecule has 7 nitrogen and oxygen atoms in total. The summed E-state index contributed by atoms with van der Waals surface area (Å²) in [6, 6.07) is 3.98. The van der Waals surface area contributed by atoms with E-state index in [-0.39, 0.29) is 5.91 Å². The summed E-state index contributed by atoms with van der Waals surface area (Å²) in [5.41, 5.74) is 0.590. The number of amides is 1. The Balaban J connectivity index is 1.36. The predicted molar refractivity (Wildman–Crippen MR) is 102 cm³/mol. The largest absolute Gasteiger partial charge is 0.339 e. The molecule has 1 saturated heterocycles. The highest BCUT2D eigenvalue weighted by atomic mass is 32.1. The van der Waals surface area contributed by atoms with E-state index in [0.29, 0.717) is 36.3 Å². The van der Waals surface area contributed by atoms with Crippen molar-refractivity contribution in [3.8, 4) is 11.5 Å². The molecule has 1 amide bonds. The predicted octanol–water partition coefficient (Wildman–Crippen LogP) is 3.08. The molecule has 3 aromatic heterocycles. The summed E-state index contributed by atoms with van der Waals surface area (Å²) in [5.74, 6) is 1.39. The van der Waals surface area contributed by atoms with Crippen molar-refractivity contribution in [2.45, 2.75) is 19.3 Å². The average molecular weight is 381 g/mol. The highest BCUT2D eigenvalue weighted by Crippen LogP contribution is 2.22. The second-order valence-corrected chi connectivity index (χ2v) is 7.43. The van der Waals surface area contributed by atoms with Gasteiger partial charge in [0.15, 0.2) is 0 Å². The van der Waals surface area contributed by atoms with Crippen LogP contribution < -0.4 is 0 Å². The van der Waals surface area contributed by atoms with Gasteiger partial charge in [0.2, 0.25) is 17.6 Å². The fourth-order valence-corrected chi connectivity index (χ4v) is 3.80. The van der Waals surface area contributed by atoms with E-state index >= 15 is 0 Å². The third kappa shape index (κ3) is 4.46.